The molecular weight excluding hydrogens is 502 g/mol. The van der Waals surface area contributed by atoms with Crippen molar-refractivity contribution in [2.45, 2.75) is 19.4 Å². The number of rotatable bonds is 6. The highest BCUT2D eigenvalue weighted by Crippen LogP contribution is 2.36. The van der Waals surface area contributed by atoms with Gasteiger partial charge in [0.25, 0.3) is 5.91 Å². The lowest BCUT2D eigenvalue weighted by molar-refractivity contribution is -0.124. The van der Waals surface area contributed by atoms with E-state index in [1.807, 2.05) is 85.8 Å². The van der Waals surface area contributed by atoms with Gasteiger partial charge >= 0.3 is 5.97 Å². The Kier molecular flexibility index (Phi) is 6.12. The number of nitrogens with one attached hydrogen (secondary N) is 1. The number of hydrogen-bond donors (Lipinski definition) is 1. The molecule has 0 saturated heterocycles. The van der Waals surface area contributed by atoms with E-state index in [9.17, 15) is 9.59 Å². The summed E-state index contributed by atoms with van der Waals surface area (Å²) in [7, 11) is 0. The summed E-state index contributed by atoms with van der Waals surface area (Å²) in [5.74, 6) is -0.952. The standard InChI is InChI=1S/C29H21N3O3S2/c1-2-22(26(33)32-29-31-21-14-4-6-16-24(21)37-29)35-28(34)19-12-8-10-17-9-7-11-18(25(17)19)27-30-20-13-3-5-15-23(20)36-27/h3-16,22H,2H2,1H3,(H,31,32,33). The third-order valence-electron chi connectivity index (χ3n) is 6.09. The summed E-state index contributed by atoms with van der Waals surface area (Å²) in [6.45, 7) is 1.81. The smallest absolute Gasteiger partial charge is 0.339 e. The summed E-state index contributed by atoms with van der Waals surface area (Å²) in [4.78, 5) is 35.7. The minimum atomic E-state index is -0.954. The van der Waals surface area contributed by atoms with Gasteiger partial charge in [-0.05, 0) is 42.1 Å². The van der Waals surface area contributed by atoms with Crippen molar-refractivity contribution in [1.82, 2.24) is 9.97 Å². The third-order valence-corrected chi connectivity index (χ3v) is 8.11. The molecule has 6 aromatic rings. The van der Waals surface area contributed by atoms with E-state index < -0.39 is 18.0 Å². The van der Waals surface area contributed by atoms with Crippen molar-refractivity contribution in [3.8, 4) is 10.6 Å². The number of fused-ring (bicyclic) bond motifs is 3. The number of hydrogen-bond acceptors (Lipinski definition) is 7. The first kappa shape index (κ1) is 23.3. The zero-order valence-corrected chi connectivity index (χ0v) is 21.4. The van der Waals surface area contributed by atoms with E-state index in [2.05, 4.69) is 10.3 Å². The molecular formula is C29H21N3O3S2. The minimum absolute atomic E-state index is 0.331. The molecule has 0 aliphatic carbocycles. The molecule has 0 aliphatic heterocycles. The first-order valence-electron chi connectivity index (χ1n) is 11.9. The van der Waals surface area contributed by atoms with E-state index in [0.29, 0.717) is 17.1 Å². The molecule has 6 nitrogen and oxygen atoms in total. The van der Waals surface area contributed by atoms with Crippen molar-refractivity contribution in [3.63, 3.8) is 0 Å². The van der Waals surface area contributed by atoms with E-state index in [0.717, 1.165) is 41.8 Å². The number of benzene rings is 4. The molecule has 0 radical (unpaired) electrons. The normalized spacial score (nSPS) is 12.1. The predicted octanol–water partition coefficient (Wildman–Crippen LogP) is 7.30. The van der Waals surface area contributed by atoms with Crippen LogP contribution in [0.2, 0.25) is 0 Å². The van der Waals surface area contributed by atoms with Crippen LogP contribution in [0.4, 0.5) is 5.13 Å². The topological polar surface area (TPSA) is 81.2 Å². The summed E-state index contributed by atoms with van der Waals surface area (Å²) in [6.07, 6.45) is -0.623. The number of esters is 1. The van der Waals surface area contributed by atoms with Gasteiger partial charge in [0.05, 0.1) is 26.0 Å². The Hall–Kier alpha value is -4.14. The van der Waals surface area contributed by atoms with Gasteiger partial charge in [0, 0.05) is 10.9 Å². The fraction of sp³-hybridized carbons (Fsp3) is 0.103. The van der Waals surface area contributed by atoms with E-state index >= 15 is 0 Å². The van der Waals surface area contributed by atoms with Gasteiger partial charge in [0.15, 0.2) is 11.2 Å². The Morgan fingerprint density at radius 2 is 1.51 bits per heavy atom. The number of nitrogens with zero attached hydrogens (tertiary/aromatic N) is 2. The number of carbonyl (C=O) groups excluding carboxylic acids is 2. The van der Waals surface area contributed by atoms with Crippen LogP contribution in [0.15, 0.2) is 84.9 Å². The van der Waals surface area contributed by atoms with Crippen molar-refractivity contribution in [1.29, 1.82) is 0 Å². The van der Waals surface area contributed by atoms with E-state index in [1.165, 1.54) is 11.3 Å². The summed E-state index contributed by atoms with van der Waals surface area (Å²) >= 11 is 2.96. The molecule has 37 heavy (non-hydrogen) atoms. The average Bonchev–Trinajstić information content (AvgIpc) is 3.54. The fourth-order valence-corrected chi connectivity index (χ4v) is 6.17. The van der Waals surface area contributed by atoms with Gasteiger partial charge in [-0.2, -0.15) is 0 Å². The van der Waals surface area contributed by atoms with Crippen LogP contribution in [0.1, 0.15) is 23.7 Å². The zero-order valence-electron chi connectivity index (χ0n) is 19.8. The van der Waals surface area contributed by atoms with Crippen LogP contribution in [0.25, 0.3) is 41.8 Å². The van der Waals surface area contributed by atoms with Gasteiger partial charge < -0.3 is 4.74 Å². The Balaban J connectivity index is 1.31. The number of aromatic nitrogens is 2. The monoisotopic (exact) mass is 523 g/mol. The highest BCUT2D eigenvalue weighted by Gasteiger charge is 2.25. The lowest BCUT2D eigenvalue weighted by Gasteiger charge is -2.16. The fourth-order valence-electron chi connectivity index (χ4n) is 4.30. The van der Waals surface area contributed by atoms with Crippen molar-refractivity contribution >= 4 is 70.9 Å². The van der Waals surface area contributed by atoms with Gasteiger partial charge in [-0.15, -0.1) is 11.3 Å². The summed E-state index contributed by atoms with van der Waals surface area (Å²) in [5.41, 5.74) is 2.99. The van der Waals surface area contributed by atoms with Crippen LogP contribution in [-0.2, 0) is 9.53 Å². The Labute approximate surface area is 220 Å². The molecule has 2 heterocycles. The second-order valence-corrected chi connectivity index (χ2v) is 10.5. The summed E-state index contributed by atoms with van der Waals surface area (Å²) in [5, 5.41) is 5.77. The molecule has 182 valence electrons. The van der Waals surface area contributed by atoms with E-state index in [-0.39, 0.29) is 0 Å². The molecule has 1 atom stereocenters. The number of carbonyl (C=O) groups is 2. The second-order valence-electron chi connectivity index (χ2n) is 8.47. The molecule has 0 saturated carbocycles. The molecule has 4 aromatic carbocycles. The largest absolute Gasteiger partial charge is 0.449 e. The Bertz CT molecular complexity index is 1720. The summed E-state index contributed by atoms with van der Waals surface area (Å²) < 4.78 is 7.81. The molecule has 0 bridgehead atoms. The maximum Gasteiger partial charge on any atom is 0.339 e. The molecule has 1 unspecified atom stereocenters. The highest BCUT2D eigenvalue weighted by molar-refractivity contribution is 7.22. The molecule has 1 N–H and O–H groups in total. The second kappa shape index (κ2) is 9.72. The first-order chi connectivity index (χ1) is 18.1. The quantitative estimate of drug-likeness (QED) is 0.232. The molecule has 0 fully saturated rings. The van der Waals surface area contributed by atoms with Gasteiger partial charge in [0.1, 0.15) is 5.01 Å². The molecule has 1 amide bonds. The molecule has 2 aromatic heterocycles. The van der Waals surface area contributed by atoms with Gasteiger partial charge in [-0.1, -0.05) is 72.9 Å². The average molecular weight is 524 g/mol. The Morgan fingerprint density at radius 3 is 2.22 bits per heavy atom. The van der Waals surface area contributed by atoms with E-state index in [1.54, 1.807) is 17.4 Å². The molecule has 0 aliphatic rings. The first-order valence-corrected chi connectivity index (χ1v) is 13.5. The van der Waals surface area contributed by atoms with Gasteiger partial charge in [-0.3, -0.25) is 10.1 Å². The van der Waals surface area contributed by atoms with Crippen molar-refractivity contribution in [2.75, 3.05) is 5.32 Å². The van der Waals surface area contributed by atoms with Gasteiger partial charge in [0.2, 0.25) is 0 Å². The van der Waals surface area contributed by atoms with Crippen molar-refractivity contribution < 1.29 is 14.3 Å². The van der Waals surface area contributed by atoms with E-state index in [4.69, 9.17) is 9.72 Å². The van der Waals surface area contributed by atoms with Crippen LogP contribution in [-0.4, -0.2) is 27.9 Å². The number of para-hydroxylation sites is 2. The van der Waals surface area contributed by atoms with Gasteiger partial charge in [-0.25, -0.2) is 14.8 Å². The minimum Gasteiger partial charge on any atom is -0.449 e. The summed E-state index contributed by atoms with van der Waals surface area (Å²) in [6, 6.07) is 27.0. The highest BCUT2D eigenvalue weighted by atomic mass is 32.1. The van der Waals surface area contributed by atoms with Crippen LogP contribution in [0.3, 0.4) is 0 Å². The maximum atomic E-state index is 13.4. The zero-order chi connectivity index (χ0) is 25.4. The number of thiazole rings is 2. The number of ether oxygens (including phenoxy) is 1. The molecule has 0 spiro atoms. The van der Waals surface area contributed by atoms with Crippen LogP contribution in [0.5, 0.6) is 0 Å². The Morgan fingerprint density at radius 1 is 0.838 bits per heavy atom. The SMILES string of the molecule is CCC(OC(=O)c1cccc2cccc(-c3nc4ccccc4s3)c12)C(=O)Nc1nc2ccccc2s1. The molecule has 6 rings (SSSR count). The van der Waals surface area contributed by atoms with Crippen LogP contribution >= 0.6 is 22.7 Å². The number of anilines is 1. The van der Waals surface area contributed by atoms with Crippen molar-refractivity contribution in [3.05, 3.63) is 90.5 Å². The lowest BCUT2D eigenvalue weighted by atomic mass is 9.99. The van der Waals surface area contributed by atoms with Crippen LogP contribution in [0, 0.1) is 0 Å². The maximum absolute atomic E-state index is 13.4. The predicted molar refractivity (Wildman–Crippen MR) is 150 cm³/mol. The third kappa shape index (κ3) is 4.45. The number of amides is 1. The van der Waals surface area contributed by atoms with Crippen LogP contribution < -0.4 is 5.32 Å². The van der Waals surface area contributed by atoms with Crippen molar-refractivity contribution in [2.24, 2.45) is 0 Å². The lowest BCUT2D eigenvalue weighted by Crippen LogP contribution is -2.32. The molecule has 8 heteroatoms.